The number of fused-ring (bicyclic) bond motifs is 2. The van der Waals surface area contributed by atoms with E-state index >= 15 is 0 Å². The minimum atomic E-state index is -0.895. The van der Waals surface area contributed by atoms with E-state index in [9.17, 15) is 19.5 Å². The number of H-pyrrole nitrogens is 1. The molecule has 9 heteroatoms. The summed E-state index contributed by atoms with van der Waals surface area (Å²) in [6.45, 7) is 1.15. The number of unbranched alkanes of at least 4 members (excludes halogenated alkanes) is 1. The van der Waals surface area contributed by atoms with E-state index in [0.717, 1.165) is 41.9 Å². The van der Waals surface area contributed by atoms with Gasteiger partial charge in [-0.15, -0.1) is 0 Å². The number of nitrogens with one attached hydrogen (secondary N) is 3. The summed E-state index contributed by atoms with van der Waals surface area (Å²) in [5, 5.41) is 15.4. The number of aliphatic carboxylic acids is 1. The molecule has 1 aromatic heterocycles. The summed E-state index contributed by atoms with van der Waals surface area (Å²) < 4.78 is 0. The van der Waals surface area contributed by atoms with Crippen molar-refractivity contribution >= 4 is 40.5 Å². The predicted octanol–water partition coefficient (Wildman–Crippen LogP) is 3.26. The molecule has 34 heavy (non-hydrogen) atoms. The highest BCUT2D eigenvalue weighted by atomic mass is 16.4. The molecule has 0 spiro atoms. The molecule has 4 N–H and O–H groups in total. The molecular weight excluding hydrogens is 434 g/mol. The van der Waals surface area contributed by atoms with Crippen LogP contribution in [-0.2, 0) is 14.4 Å². The van der Waals surface area contributed by atoms with E-state index in [2.05, 4.69) is 20.6 Å². The third kappa shape index (κ3) is 5.72. The number of hydrogen-bond donors (Lipinski definition) is 4. The molecule has 0 fully saturated rings. The Kier molecular flexibility index (Phi) is 7.41. The molecule has 2 amide bonds. The summed E-state index contributed by atoms with van der Waals surface area (Å²) in [4.78, 5) is 45.7. The number of benzene rings is 2. The van der Waals surface area contributed by atoms with Crippen LogP contribution in [0.4, 0.5) is 11.6 Å². The average molecular weight is 464 g/mol. The molecule has 1 aliphatic rings. The van der Waals surface area contributed by atoms with Gasteiger partial charge in [0.05, 0.1) is 17.5 Å². The van der Waals surface area contributed by atoms with Crippen molar-refractivity contribution in [1.29, 1.82) is 0 Å². The Hall–Kier alpha value is -3.88. The van der Waals surface area contributed by atoms with E-state index in [-0.39, 0.29) is 37.1 Å². The zero-order valence-electron chi connectivity index (χ0n) is 18.9. The first-order valence-corrected chi connectivity index (χ1v) is 11.6. The second-order valence-corrected chi connectivity index (χ2v) is 8.46. The van der Waals surface area contributed by atoms with E-state index in [1.165, 1.54) is 4.90 Å². The van der Waals surface area contributed by atoms with Gasteiger partial charge in [0, 0.05) is 25.2 Å². The molecule has 1 aliphatic heterocycles. The Bertz CT molecular complexity index is 1140. The molecule has 0 aliphatic carbocycles. The molecule has 0 bridgehead atoms. The van der Waals surface area contributed by atoms with E-state index in [1.54, 1.807) is 12.1 Å². The smallest absolute Gasteiger partial charge is 0.303 e. The standard InChI is InChI=1S/C25H29N5O4/c31-22(26-13-5-6-14-27-25-28-19-8-2-3-9-20(19)29-25)16-30-21-10-4-1-7-18(21)17(15-24(33)34)11-12-23(30)32/h1-4,7-10,17H,5-6,11-16H2,(H,26,31)(H,33,34)(H2,27,28,29). The number of nitrogens with zero attached hydrogens (tertiary/aromatic N) is 2. The fourth-order valence-corrected chi connectivity index (χ4v) is 4.32. The molecule has 0 radical (unpaired) electrons. The van der Waals surface area contributed by atoms with E-state index in [1.807, 2.05) is 36.4 Å². The molecular formula is C25H29N5O4. The highest BCUT2D eigenvalue weighted by Crippen LogP contribution is 2.36. The van der Waals surface area contributed by atoms with Crippen LogP contribution >= 0.6 is 0 Å². The molecule has 4 rings (SSSR count). The Morgan fingerprint density at radius 3 is 2.68 bits per heavy atom. The highest BCUT2D eigenvalue weighted by Gasteiger charge is 2.30. The first-order chi connectivity index (χ1) is 16.5. The maximum atomic E-state index is 12.7. The molecule has 0 saturated heterocycles. The fourth-order valence-electron chi connectivity index (χ4n) is 4.32. The average Bonchev–Trinajstić information content (AvgIpc) is 3.20. The Morgan fingerprint density at radius 2 is 1.85 bits per heavy atom. The Morgan fingerprint density at radius 1 is 1.09 bits per heavy atom. The lowest BCUT2D eigenvalue weighted by atomic mass is 9.91. The minimum absolute atomic E-state index is 0.0353. The lowest BCUT2D eigenvalue weighted by Gasteiger charge is -2.23. The van der Waals surface area contributed by atoms with Gasteiger partial charge < -0.3 is 25.6 Å². The molecule has 0 saturated carbocycles. The van der Waals surface area contributed by atoms with Crippen LogP contribution in [0.5, 0.6) is 0 Å². The van der Waals surface area contributed by atoms with Gasteiger partial charge in [0.15, 0.2) is 0 Å². The predicted molar refractivity (Wildman–Crippen MR) is 130 cm³/mol. The summed E-state index contributed by atoms with van der Waals surface area (Å²) in [7, 11) is 0. The molecule has 1 atom stereocenters. The van der Waals surface area contributed by atoms with Crippen LogP contribution in [0.2, 0.25) is 0 Å². The van der Waals surface area contributed by atoms with Gasteiger partial charge >= 0.3 is 5.97 Å². The van der Waals surface area contributed by atoms with Gasteiger partial charge in [-0.25, -0.2) is 4.98 Å². The van der Waals surface area contributed by atoms with Crippen molar-refractivity contribution in [2.45, 2.75) is 38.0 Å². The van der Waals surface area contributed by atoms with Gasteiger partial charge in [-0.3, -0.25) is 14.4 Å². The normalized spacial score (nSPS) is 15.6. The molecule has 2 aromatic carbocycles. The lowest BCUT2D eigenvalue weighted by Crippen LogP contribution is -2.41. The van der Waals surface area contributed by atoms with Crippen LogP contribution < -0.4 is 15.5 Å². The van der Waals surface area contributed by atoms with Crippen molar-refractivity contribution < 1.29 is 19.5 Å². The second-order valence-electron chi connectivity index (χ2n) is 8.46. The van der Waals surface area contributed by atoms with Gasteiger partial charge in [-0.1, -0.05) is 30.3 Å². The number of hydrogen-bond acceptors (Lipinski definition) is 5. The highest BCUT2D eigenvalue weighted by molar-refractivity contribution is 6.00. The van der Waals surface area contributed by atoms with E-state index in [0.29, 0.717) is 18.7 Å². The van der Waals surface area contributed by atoms with E-state index < -0.39 is 5.97 Å². The van der Waals surface area contributed by atoms with Crippen molar-refractivity contribution in [1.82, 2.24) is 15.3 Å². The van der Waals surface area contributed by atoms with E-state index in [4.69, 9.17) is 0 Å². The first-order valence-electron chi connectivity index (χ1n) is 11.6. The zero-order valence-corrected chi connectivity index (χ0v) is 18.9. The van der Waals surface area contributed by atoms with Gasteiger partial charge in [0.1, 0.15) is 6.54 Å². The molecule has 2 heterocycles. The third-order valence-electron chi connectivity index (χ3n) is 6.01. The topological polar surface area (TPSA) is 127 Å². The molecule has 1 unspecified atom stereocenters. The number of aromatic nitrogens is 2. The monoisotopic (exact) mass is 463 g/mol. The van der Waals surface area contributed by atoms with Crippen LogP contribution in [-0.4, -0.2) is 52.5 Å². The molecule has 3 aromatic rings. The van der Waals surface area contributed by atoms with Crippen molar-refractivity contribution in [3.05, 3.63) is 54.1 Å². The zero-order chi connectivity index (χ0) is 23.9. The molecule has 9 nitrogen and oxygen atoms in total. The summed E-state index contributed by atoms with van der Waals surface area (Å²) in [6.07, 6.45) is 2.27. The van der Waals surface area contributed by atoms with Gasteiger partial charge in [-0.05, 0) is 48.9 Å². The van der Waals surface area contributed by atoms with Crippen molar-refractivity contribution in [2.75, 3.05) is 29.9 Å². The number of aromatic amines is 1. The van der Waals surface area contributed by atoms with Crippen LogP contribution in [0.3, 0.4) is 0 Å². The van der Waals surface area contributed by atoms with Crippen LogP contribution in [0.25, 0.3) is 11.0 Å². The number of para-hydroxylation sites is 3. The molecule has 178 valence electrons. The second kappa shape index (κ2) is 10.8. The number of imidazole rings is 1. The van der Waals surface area contributed by atoms with Crippen molar-refractivity contribution in [3.8, 4) is 0 Å². The maximum absolute atomic E-state index is 12.7. The van der Waals surface area contributed by atoms with Gasteiger partial charge in [-0.2, -0.15) is 0 Å². The fraction of sp³-hybridized carbons (Fsp3) is 0.360. The van der Waals surface area contributed by atoms with Crippen molar-refractivity contribution in [3.63, 3.8) is 0 Å². The Labute approximate surface area is 197 Å². The van der Waals surface area contributed by atoms with Crippen LogP contribution in [0.1, 0.15) is 43.6 Å². The first kappa shape index (κ1) is 23.3. The number of carboxylic acid groups (broad SMARTS) is 1. The number of carbonyl (C=O) groups is 3. The quantitative estimate of drug-likeness (QED) is 0.342. The van der Waals surface area contributed by atoms with Crippen molar-refractivity contribution in [2.24, 2.45) is 0 Å². The van der Waals surface area contributed by atoms with Gasteiger partial charge in [0.25, 0.3) is 0 Å². The van der Waals surface area contributed by atoms with Crippen LogP contribution in [0, 0.1) is 0 Å². The Balaban J connectivity index is 1.24. The van der Waals surface area contributed by atoms with Crippen LogP contribution in [0.15, 0.2) is 48.5 Å². The third-order valence-corrected chi connectivity index (χ3v) is 6.01. The van der Waals surface area contributed by atoms with Gasteiger partial charge in [0.2, 0.25) is 17.8 Å². The maximum Gasteiger partial charge on any atom is 0.303 e. The largest absolute Gasteiger partial charge is 0.481 e. The lowest BCUT2D eigenvalue weighted by molar-refractivity contribution is -0.137. The number of rotatable bonds is 10. The number of amides is 2. The summed E-state index contributed by atoms with van der Waals surface area (Å²) in [6, 6.07) is 15.1. The summed E-state index contributed by atoms with van der Waals surface area (Å²) in [5.41, 5.74) is 3.33. The SMILES string of the molecule is O=C(O)CC1CCC(=O)N(CC(=O)NCCCCNc2nc3ccccc3[nH]2)c2ccccc21. The minimum Gasteiger partial charge on any atom is -0.481 e. The number of carbonyl (C=O) groups excluding carboxylic acids is 2. The number of anilines is 2. The summed E-state index contributed by atoms with van der Waals surface area (Å²) >= 11 is 0. The summed E-state index contributed by atoms with van der Waals surface area (Å²) in [5.74, 6) is -0.807. The number of carboxylic acids is 1.